The zero-order chi connectivity index (χ0) is 30.8. The quantitative estimate of drug-likeness (QED) is 0.327. The first-order valence-corrected chi connectivity index (χ1v) is 15.5. The summed E-state index contributed by atoms with van der Waals surface area (Å²) in [5.74, 6) is -2.59. The van der Waals surface area contributed by atoms with Crippen LogP contribution in [0, 0.1) is 11.3 Å². The van der Waals surface area contributed by atoms with Crippen molar-refractivity contribution in [3.05, 3.63) is 45.8 Å². The molecule has 0 bridgehead atoms. The number of alkyl halides is 2. The van der Waals surface area contributed by atoms with Crippen molar-refractivity contribution in [3.8, 4) is 5.75 Å². The van der Waals surface area contributed by atoms with Crippen molar-refractivity contribution in [2.75, 3.05) is 48.3 Å². The van der Waals surface area contributed by atoms with Gasteiger partial charge in [0.2, 0.25) is 5.75 Å². The van der Waals surface area contributed by atoms with Crippen molar-refractivity contribution in [3.63, 3.8) is 0 Å². The lowest BCUT2D eigenvalue weighted by atomic mass is 9.71. The Labute approximate surface area is 257 Å². The lowest BCUT2D eigenvalue weighted by Gasteiger charge is -2.46. The van der Waals surface area contributed by atoms with Crippen LogP contribution < -0.4 is 25.8 Å². The molecule has 10 nitrogen and oxygen atoms in total. The SMILES string of the molecule is Cn1c(=O)c2c(c3cc(Nc4cc(N5CCC6(CCN(C(=O)O)CC6)CC5)ncc4Cl)ccc31)N[C@@H](C1CC1)C(F)(F)CO2. The molecule has 5 heterocycles. The monoisotopic (exact) mass is 628 g/mol. The fourth-order valence-corrected chi connectivity index (χ4v) is 7.17. The van der Waals surface area contributed by atoms with Crippen molar-refractivity contribution < 1.29 is 23.4 Å². The van der Waals surface area contributed by atoms with Crippen LogP contribution in [-0.4, -0.2) is 70.4 Å². The van der Waals surface area contributed by atoms with E-state index in [4.69, 9.17) is 16.3 Å². The van der Waals surface area contributed by atoms with Crippen LogP contribution in [0.3, 0.4) is 0 Å². The van der Waals surface area contributed by atoms with Gasteiger partial charge in [0.05, 0.1) is 34.2 Å². The van der Waals surface area contributed by atoms with E-state index >= 15 is 8.78 Å². The largest absolute Gasteiger partial charge is 0.480 e. The number of hydrogen-bond donors (Lipinski definition) is 3. The zero-order valence-electron chi connectivity index (χ0n) is 24.4. The summed E-state index contributed by atoms with van der Waals surface area (Å²) in [5.41, 5.74) is 1.89. The molecule has 3 aliphatic heterocycles. The summed E-state index contributed by atoms with van der Waals surface area (Å²) in [6.45, 7) is 1.94. The van der Waals surface area contributed by atoms with E-state index in [0.29, 0.717) is 58.9 Å². The molecule has 3 N–H and O–H groups in total. The van der Waals surface area contributed by atoms with E-state index in [1.807, 2.05) is 18.2 Å². The molecule has 2 saturated heterocycles. The van der Waals surface area contributed by atoms with Crippen LogP contribution in [0.2, 0.25) is 5.02 Å². The number of carbonyl (C=O) groups is 1. The molecule has 3 aromatic rings. The Bertz CT molecular complexity index is 1680. The van der Waals surface area contributed by atoms with Crippen molar-refractivity contribution >= 4 is 51.5 Å². The fraction of sp³-hybridized carbons (Fsp3) is 0.516. The maximum absolute atomic E-state index is 15.0. The summed E-state index contributed by atoms with van der Waals surface area (Å²) in [4.78, 5) is 32.8. The number of carboxylic acid groups (broad SMARTS) is 1. The summed E-state index contributed by atoms with van der Waals surface area (Å²) < 4.78 is 36.9. The molecule has 0 radical (unpaired) electrons. The van der Waals surface area contributed by atoms with E-state index in [-0.39, 0.29) is 17.1 Å². The summed E-state index contributed by atoms with van der Waals surface area (Å²) >= 11 is 6.58. The molecule has 1 spiro atoms. The van der Waals surface area contributed by atoms with Gasteiger partial charge in [0.25, 0.3) is 5.56 Å². The topological polar surface area (TPSA) is 112 Å². The van der Waals surface area contributed by atoms with E-state index in [2.05, 4.69) is 20.5 Å². The highest BCUT2D eigenvalue weighted by Gasteiger charge is 2.51. The van der Waals surface area contributed by atoms with Crippen molar-refractivity contribution in [2.24, 2.45) is 18.4 Å². The van der Waals surface area contributed by atoms with Crippen LogP contribution in [0.1, 0.15) is 38.5 Å². The van der Waals surface area contributed by atoms with E-state index in [1.54, 1.807) is 19.3 Å². The number of anilines is 4. The van der Waals surface area contributed by atoms with Gasteiger partial charge in [-0.2, -0.15) is 0 Å². The number of aromatic nitrogens is 2. The molecule has 234 valence electrons. The number of benzene rings is 1. The Morgan fingerprint density at radius 3 is 2.52 bits per heavy atom. The van der Waals surface area contributed by atoms with E-state index in [9.17, 15) is 14.7 Å². The van der Waals surface area contributed by atoms with Crippen LogP contribution in [0.25, 0.3) is 10.9 Å². The second kappa shape index (κ2) is 10.7. The van der Waals surface area contributed by atoms with Crippen LogP contribution >= 0.6 is 11.6 Å². The molecule has 44 heavy (non-hydrogen) atoms. The molecule has 1 amide bonds. The Kier molecular flexibility index (Phi) is 7.02. The highest BCUT2D eigenvalue weighted by atomic mass is 35.5. The van der Waals surface area contributed by atoms with Crippen LogP contribution in [0.15, 0.2) is 35.3 Å². The number of likely N-dealkylation sites (tertiary alicyclic amines) is 1. The number of piperidine rings is 2. The maximum atomic E-state index is 15.0. The maximum Gasteiger partial charge on any atom is 0.407 e. The molecule has 4 aliphatic rings. The minimum atomic E-state index is -3.11. The standard InChI is InChI=1S/C31H35ClF2N6O4/c1-38-23-5-4-19(14-20(23)25-26(28(38)41)44-17-31(33,34)27(37-25)18-2-3-18)36-22-15-24(35-16-21(22)32)39-10-6-30(7-11-39)8-12-40(13-9-30)29(42)43/h4-5,14-16,18,27,37H,2-3,6-13,17H2,1H3,(H,35,36)(H,42,43)/t27-/m0/s1. The Morgan fingerprint density at radius 2 is 1.84 bits per heavy atom. The fourth-order valence-electron chi connectivity index (χ4n) is 7.02. The Balaban J connectivity index is 1.14. The third kappa shape index (κ3) is 5.16. The number of fused-ring (bicyclic) bond motifs is 3. The first-order chi connectivity index (χ1) is 21.0. The average molecular weight is 629 g/mol. The van der Waals surface area contributed by atoms with Gasteiger partial charge in [0, 0.05) is 50.4 Å². The van der Waals surface area contributed by atoms with Crippen molar-refractivity contribution in [1.29, 1.82) is 0 Å². The second-order valence-corrected chi connectivity index (χ2v) is 13.1. The van der Waals surface area contributed by atoms with Crippen LogP contribution in [0.4, 0.5) is 36.5 Å². The number of ether oxygens (including phenoxy) is 1. The lowest BCUT2D eigenvalue weighted by Crippen LogP contribution is -2.48. The highest BCUT2D eigenvalue weighted by Crippen LogP contribution is 2.46. The van der Waals surface area contributed by atoms with Crippen molar-refractivity contribution in [2.45, 2.75) is 50.5 Å². The summed E-state index contributed by atoms with van der Waals surface area (Å²) in [5, 5.41) is 16.7. The number of hydrogen-bond acceptors (Lipinski definition) is 7. The predicted octanol–water partition coefficient (Wildman–Crippen LogP) is 5.91. The van der Waals surface area contributed by atoms with Gasteiger partial charge in [-0.05, 0) is 68.1 Å². The number of nitrogens with zero attached hydrogens (tertiary/aromatic N) is 4. The minimum absolute atomic E-state index is 0.0966. The molecule has 1 saturated carbocycles. The summed E-state index contributed by atoms with van der Waals surface area (Å²) in [6.07, 6.45) is 5.89. The minimum Gasteiger partial charge on any atom is -0.480 e. The first kappa shape index (κ1) is 28.9. The Hall–Kier alpha value is -3.80. The molecule has 7 rings (SSSR count). The van der Waals surface area contributed by atoms with Gasteiger partial charge < -0.3 is 34.8 Å². The normalized spacial score (nSPS) is 22.6. The number of halogens is 3. The average Bonchev–Trinajstić information content (AvgIpc) is 3.85. The number of amides is 1. The molecule has 0 unspecified atom stereocenters. The van der Waals surface area contributed by atoms with Gasteiger partial charge in [-0.15, -0.1) is 0 Å². The molecule has 2 aromatic heterocycles. The smallest absolute Gasteiger partial charge is 0.407 e. The van der Waals surface area contributed by atoms with E-state index < -0.39 is 30.2 Å². The molecule has 13 heteroatoms. The van der Waals surface area contributed by atoms with Gasteiger partial charge in [-0.1, -0.05) is 11.6 Å². The zero-order valence-corrected chi connectivity index (χ0v) is 25.2. The number of rotatable bonds is 4. The highest BCUT2D eigenvalue weighted by molar-refractivity contribution is 6.33. The molecular weight excluding hydrogens is 594 g/mol. The van der Waals surface area contributed by atoms with Gasteiger partial charge in [0.1, 0.15) is 5.82 Å². The molecule has 3 fully saturated rings. The second-order valence-electron chi connectivity index (χ2n) is 12.7. The molecular formula is C31H35ClF2N6O4. The van der Waals surface area contributed by atoms with E-state index in [1.165, 1.54) is 9.47 Å². The lowest BCUT2D eigenvalue weighted by molar-refractivity contribution is -0.0579. The summed E-state index contributed by atoms with van der Waals surface area (Å²) in [7, 11) is 1.60. The molecule has 1 atom stereocenters. The third-order valence-corrected chi connectivity index (χ3v) is 10.3. The molecule has 1 aliphatic carbocycles. The van der Waals surface area contributed by atoms with Crippen molar-refractivity contribution in [1.82, 2.24) is 14.5 Å². The third-order valence-electron chi connectivity index (χ3n) is 9.97. The molecule has 1 aromatic carbocycles. The Morgan fingerprint density at radius 1 is 1.14 bits per heavy atom. The van der Waals surface area contributed by atoms with Gasteiger partial charge in [0.15, 0.2) is 6.61 Å². The number of pyridine rings is 2. The number of nitrogens with one attached hydrogen (secondary N) is 2. The first-order valence-electron chi connectivity index (χ1n) is 15.1. The van der Waals surface area contributed by atoms with Gasteiger partial charge >= 0.3 is 12.0 Å². The van der Waals surface area contributed by atoms with Crippen LogP contribution in [0.5, 0.6) is 5.75 Å². The van der Waals surface area contributed by atoms with E-state index in [0.717, 1.165) is 44.6 Å². The van der Waals surface area contributed by atoms with Crippen LogP contribution in [-0.2, 0) is 7.05 Å². The number of aryl methyl sites for hydroxylation is 1. The van der Waals surface area contributed by atoms with Gasteiger partial charge in [-0.25, -0.2) is 18.6 Å². The predicted molar refractivity (Wildman–Crippen MR) is 165 cm³/mol. The summed E-state index contributed by atoms with van der Waals surface area (Å²) in [6, 6.07) is 6.22. The van der Waals surface area contributed by atoms with Gasteiger partial charge in [-0.3, -0.25) is 4.79 Å².